The topological polar surface area (TPSA) is 15.3 Å². The molecule has 2 aliphatic rings. The van der Waals surface area contributed by atoms with Crippen LogP contribution < -0.4 is 5.32 Å². The normalized spacial score (nSPS) is 34.1. The third kappa shape index (κ3) is 3.45. The molecule has 1 saturated heterocycles. The first-order chi connectivity index (χ1) is 8.12. The van der Waals surface area contributed by atoms with Crippen LogP contribution in [-0.4, -0.2) is 37.1 Å². The van der Waals surface area contributed by atoms with E-state index < -0.39 is 0 Å². The van der Waals surface area contributed by atoms with E-state index in [1.54, 1.807) is 0 Å². The smallest absolute Gasteiger partial charge is 0.0136 e. The third-order valence-corrected chi connectivity index (χ3v) is 4.88. The largest absolute Gasteiger partial charge is 0.317 e. The highest BCUT2D eigenvalue weighted by atomic mass is 15.2. The Morgan fingerprint density at radius 1 is 1.18 bits per heavy atom. The zero-order chi connectivity index (χ0) is 12.3. The summed E-state index contributed by atoms with van der Waals surface area (Å²) in [5.74, 6) is 0.927. The molecule has 1 saturated carbocycles. The summed E-state index contributed by atoms with van der Waals surface area (Å²) in [6.07, 6.45) is 7.08. The van der Waals surface area contributed by atoms with Gasteiger partial charge in [0.05, 0.1) is 0 Å². The Morgan fingerprint density at radius 2 is 2.00 bits per heavy atom. The summed E-state index contributed by atoms with van der Waals surface area (Å²) in [7, 11) is 0. The Labute approximate surface area is 107 Å². The zero-order valence-corrected chi connectivity index (χ0v) is 12.0. The molecule has 2 fully saturated rings. The summed E-state index contributed by atoms with van der Waals surface area (Å²) >= 11 is 0. The molecule has 17 heavy (non-hydrogen) atoms. The molecule has 0 aromatic carbocycles. The van der Waals surface area contributed by atoms with E-state index in [2.05, 4.69) is 31.0 Å². The standard InChI is InChI=1S/C15H30N2/c1-4-16-12-13-6-7-14(13)17-10-5-8-15(2,3)9-11-17/h13-14,16H,4-12H2,1-3H3. The third-order valence-electron chi connectivity index (χ3n) is 4.88. The number of nitrogens with one attached hydrogen (secondary N) is 1. The second-order valence-electron chi connectivity index (χ2n) is 6.77. The molecular weight excluding hydrogens is 208 g/mol. The van der Waals surface area contributed by atoms with Crippen LogP contribution in [0.4, 0.5) is 0 Å². The molecule has 2 rings (SSSR count). The predicted molar refractivity (Wildman–Crippen MR) is 74.3 cm³/mol. The van der Waals surface area contributed by atoms with Crippen molar-refractivity contribution in [2.45, 2.75) is 58.9 Å². The van der Waals surface area contributed by atoms with Crippen molar-refractivity contribution in [3.05, 3.63) is 0 Å². The van der Waals surface area contributed by atoms with Gasteiger partial charge < -0.3 is 10.2 Å². The van der Waals surface area contributed by atoms with Gasteiger partial charge in [-0.25, -0.2) is 0 Å². The number of hydrogen-bond acceptors (Lipinski definition) is 2. The fourth-order valence-corrected chi connectivity index (χ4v) is 3.38. The van der Waals surface area contributed by atoms with E-state index in [1.165, 1.54) is 51.7 Å². The summed E-state index contributed by atoms with van der Waals surface area (Å²) in [5, 5.41) is 3.52. The first-order valence-corrected chi connectivity index (χ1v) is 7.57. The number of nitrogens with zero attached hydrogens (tertiary/aromatic N) is 1. The van der Waals surface area contributed by atoms with E-state index in [9.17, 15) is 0 Å². The van der Waals surface area contributed by atoms with E-state index >= 15 is 0 Å². The molecule has 0 radical (unpaired) electrons. The minimum absolute atomic E-state index is 0.579. The van der Waals surface area contributed by atoms with Gasteiger partial charge in [-0.3, -0.25) is 0 Å². The average molecular weight is 238 g/mol. The molecule has 100 valence electrons. The average Bonchev–Trinajstić information content (AvgIpc) is 2.40. The van der Waals surface area contributed by atoms with Gasteiger partial charge in [0.1, 0.15) is 0 Å². The van der Waals surface area contributed by atoms with Crippen LogP contribution in [0.25, 0.3) is 0 Å². The van der Waals surface area contributed by atoms with Crippen LogP contribution in [0.2, 0.25) is 0 Å². The monoisotopic (exact) mass is 238 g/mol. The van der Waals surface area contributed by atoms with Crippen LogP contribution in [-0.2, 0) is 0 Å². The lowest BCUT2D eigenvalue weighted by atomic mass is 9.78. The second-order valence-corrected chi connectivity index (χ2v) is 6.77. The maximum Gasteiger partial charge on any atom is 0.0136 e. The fourth-order valence-electron chi connectivity index (χ4n) is 3.38. The van der Waals surface area contributed by atoms with E-state index in [1.807, 2.05) is 0 Å². The van der Waals surface area contributed by atoms with Gasteiger partial charge >= 0.3 is 0 Å². The van der Waals surface area contributed by atoms with Crippen molar-refractivity contribution in [2.75, 3.05) is 26.2 Å². The lowest BCUT2D eigenvalue weighted by Gasteiger charge is -2.44. The van der Waals surface area contributed by atoms with E-state index in [0.717, 1.165) is 18.5 Å². The zero-order valence-electron chi connectivity index (χ0n) is 12.0. The molecule has 0 aromatic heterocycles. The quantitative estimate of drug-likeness (QED) is 0.810. The summed E-state index contributed by atoms with van der Waals surface area (Å²) in [4.78, 5) is 2.79. The van der Waals surface area contributed by atoms with Crippen molar-refractivity contribution in [1.29, 1.82) is 0 Å². The Bertz CT molecular complexity index is 237. The summed E-state index contributed by atoms with van der Waals surface area (Å²) in [5.41, 5.74) is 0.579. The Balaban J connectivity index is 1.81. The molecule has 2 atom stereocenters. The second kappa shape index (κ2) is 5.71. The SMILES string of the molecule is CCNCC1CCC1N1CCCC(C)(C)CC1. The van der Waals surface area contributed by atoms with Crippen LogP contribution in [0, 0.1) is 11.3 Å². The molecule has 2 heteroatoms. The molecule has 2 nitrogen and oxygen atoms in total. The van der Waals surface area contributed by atoms with Crippen molar-refractivity contribution in [2.24, 2.45) is 11.3 Å². The lowest BCUT2D eigenvalue weighted by molar-refractivity contribution is 0.0626. The number of hydrogen-bond donors (Lipinski definition) is 1. The van der Waals surface area contributed by atoms with Crippen LogP contribution in [0.15, 0.2) is 0 Å². The highest BCUT2D eigenvalue weighted by Crippen LogP contribution is 2.36. The maximum absolute atomic E-state index is 3.52. The van der Waals surface area contributed by atoms with E-state index in [-0.39, 0.29) is 0 Å². The first-order valence-electron chi connectivity index (χ1n) is 7.57. The van der Waals surface area contributed by atoms with Gasteiger partial charge in [-0.1, -0.05) is 20.8 Å². The lowest BCUT2D eigenvalue weighted by Crippen LogP contribution is -2.50. The van der Waals surface area contributed by atoms with Crippen LogP contribution in [0.5, 0.6) is 0 Å². The van der Waals surface area contributed by atoms with Gasteiger partial charge in [-0.05, 0) is 69.6 Å². The molecule has 1 N–H and O–H groups in total. The van der Waals surface area contributed by atoms with Gasteiger partial charge in [-0.2, -0.15) is 0 Å². The molecule has 0 bridgehead atoms. The van der Waals surface area contributed by atoms with Gasteiger partial charge in [-0.15, -0.1) is 0 Å². The van der Waals surface area contributed by atoms with Crippen molar-refractivity contribution >= 4 is 0 Å². The van der Waals surface area contributed by atoms with Gasteiger partial charge in [0.25, 0.3) is 0 Å². The molecule has 2 unspecified atom stereocenters. The fraction of sp³-hybridized carbons (Fsp3) is 1.00. The molecule has 1 aliphatic carbocycles. The maximum atomic E-state index is 3.52. The molecule has 1 heterocycles. The van der Waals surface area contributed by atoms with Crippen LogP contribution in [0.1, 0.15) is 52.9 Å². The number of rotatable bonds is 4. The summed E-state index contributed by atoms with van der Waals surface area (Å²) < 4.78 is 0. The minimum atomic E-state index is 0.579. The molecular formula is C15H30N2. The van der Waals surface area contributed by atoms with E-state index in [4.69, 9.17) is 0 Å². The highest BCUT2D eigenvalue weighted by molar-refractivity contribution is 4.91. The van der Waals surface area contributed by atoms with Gasteiger partial charge in [0.2, 0.25) is 0 Å². The van der Waals surface area contributed by atoms with Crippen molar-refractivity contribution in [3.63, 3.8) is 0 Å². The minimum Gasteiger partial charge on any atom is -0.317 e. The molecule has 0 amide bonds. The van der Waals surface area contributed by atoms with E-state index in [0.29, 0.717) is 5.41 Å². The van der Waals surface area contributed by atoms with Crippen LogP contribution >= 0.6 is 0 Å². The number of likely N-dealkylation sites (tertiary alicyclic amines) is 1. The highest BCUT2D eigenvalue weighted by Gasteiger charge is 2.36. The van der Waals surface area contributed by atoms with Gasteiger partial charge in [0.15, 0.2) is 0 Å². The Kier molecular flexibility index (Phi) is 4.48. The molecule has 0 spiro atoms. The predicted octanol–water partition coefficient (Wildman–Crippen LogP) is 2.89. The summed E-state index contributed by atoms with van der Waals surface area (Å²) in [6, 6.07) is 0.892. The molecule has 1 aliphatic heterocycles. The van der Waals surface area contributed by atoms with Crippen molar-refractivity contribution in [1.82, 2.24) is 10.2 Å². The molecule has 0 aromatic rings. The van der Waals surface area contributed by atoms with Crippen molar-refractivity contribution in [3.8, 4) is 0 Å². The van der Waals surface area contributed by atoms with Crippen LogP contribution in [0.3, 0.4) is 0 Å². The first kappa shape index (κ1) is 13.4. The van der Waals surface area contributed by atoms with Crippen molar-refractivity contribution < 1.29 is 0 Å². The Hall–Kier alpha value is -0.0800. The Morgan fingerprint density at radius 3 is 2.65 bits per heavy atom. The summed E-state index contributed by atoms with van der Waals surface area (Å²) in [6.45, 7) is 12.1. The van der Waals surface area contributed by atoms with Gasteiger partial charge in [0, 0.05) is 6.04 Å².